The Bertz CT molecular complexity index is 5750. The zero-order valence-corrected chi connectivity index (χ0v) is 78.0. The molecule has 9 N–H and O–H groups in total. The van der Waals surface area contributed by atoms with Crippen molar-refractivity contribution in [1.29, 1.82) is 0 Å². The van der Waals surface area contributed by atoms with E-state index >= 15 is 9.59 Å². The van der Waals surface area contributed by atoms with Gasteiger partial charge in [-0.2, -0.15) is 0 Å². The molecule has 37 nitrogen and oxygen atoms in total. The fourth-order valence-electron chi connectivity index (χ4n) is 21.7. The number of ether oxygens (including phenoxy) is 6. The molecule has 0 bridgehead atoms. The molecule has 3 aliphatic carbocycles. The van der Waals surface area contributed by atoms with E-state index < -0.39 is 140 Å². The highest BCUT2D eigenvalue weighted by molar-refractivity contribution is 6.08. The zero-order chi connectivity index (χ0) is 98.7. The standard InChI is InChI=1S/C40H41N5O9.C19H21NO3.C17H23NO5.C14H19N3O6.C9H14O4/c1-24(46)29-18-40(23-44(29)37(52)54-20-25-10-5-4-6-11-25)35(50)43-22-39(34(49)42-21-38(2,36(51)53-3)16-30(42)32(47)41-39)17-31(43)33(48)45(40)19-27-14-9-13-26-12-7-8-15-28(26)27;1-13(21)15-9-10-19(11-15,18(22)23)20-12-16-7-4-6-14-5-2-3-8-17(14)16;1-11(19)12-6-7-17(9-12,16(20)21)18-10-13-4-5-14(22-2)8-15(13)23-3;1-13(12(22)23-2)4-8-9(18)16-14(11(21)17(8)6-13)3-7(10(19)20)15-5-14;1-9(8(12)13-2)4-3-6(5-9)7(10)11/h4-15,29-31H,16-23H2,1-3H3,(H,41,47);2-8,15,20H,9-12H2,1H3,(H,22,23);4-5,8,12,18H,6-7,9-10H2,1-3H3,(H,20,21);7-8,15H,3-6H2,1-2H3,(H,16,18)(H,19,20);6H,3-5H2,1-2H3,(H,10,11)/t29-,30?,31-,38+,39-,40-;;;7-,8?,13+,14-;6?,9-/m0..00/s1. The second kappa shape index (κ2) is 39.9. The molecule has 11 aliphatic rings. The van der Waals surface area contributed by atoms with Crippen LogP contribution in [0, 0.1) is 34.0 Å². The van der Waals surface area contributed by atoms with Gasteiger partial charge in [0, 0.05) is 82.0 Å². The number of nitrogens with one attached hydrogen (secondary N) is 5. The van der Waals surface area contributed by atoms with Crippen molar-refractivity contribution < 1.29 is 130 Å². The molecule has 0 radical (unpaired) electrons. The Labute approximate surface area is 785 Å². The number of rotatable bonds is 22. The van der Waals surface area contributed by atoms with Crippen LogP contribution in [0.15, 0.2) is 133 Å². The Morgan fingerprint density at radius 1 is 0.456 bits per heavy atom. The summed E-state index contributed by atoms with van der Waals surface area (Å²) in [5.74, 6) is -7.24. The minimum atomic E-state index is -1.69. The number of piperazine rings is 3. The van der Waals surface area contributed by atoms with E-state index in [-0.39, 0.29) is 131 Å². The molecule has 6 aromatic rings. The minimum absolute atomic E-state index is 0.00886. The second-order valence-electron chi connectivity index (χ2n) is 38.5. The smallest absolute Gasteiger partial charge is 0.410 e. The van der Waals surface area contributed by atoms with Crippen molar-refractivity contribution in [2.75, 3.05) is 68.3 Å². The van der Waals surface area contributed by atoms with Crippen LogP contribution < -0.4 is 36.1 Å². The van der Waals surface area contributed by atoms with E-state index in [1.165, 1.54) is 59.7 Å². The largest absolute Gasteiger partial charge is 0.497 e. The lowest BCUT2D eigenvalue weighted by molar-refractivity contribution is -0.168. The number of nitrogens with zero attached hydrogens (tertiary/aromatic N) is 5. The monoisotopic (exact) mass is 1880 g/mol. The highest BCUT2D eigenvalue weighted by Gasteiger charge is 2.71. The lowest BCUT2D eigenvalue weighted by Crippen LogP contribution is -2.71. The maximum Gasteiger partial charge on any atom is 0.410 e. The summed E-state index contributed by atoms with van der Waals surface area (Å²) in [6, 6.07) is 37.2. The quantitative estimate of drug-likeness (QED) is 0.0260. The lowest BCUT2D eigenvalue weighted by Gasteiger charge is -2.48. The van der Waals surface area contributed by atoms with Crippen molar-refractivity contribution in [2.45, 2.75) is 216 Å². The molecular formula is C99H118N10O27. The molecule has 11 fully saturated rings. The molecule has 37 heteroatoms. The number of amides is 7. The number of ketones is 3. The Balaban J connectivity index is 0.000000159. The van der Waals surface area contributed by atoms with Crippen LogP contribution in [0.1, 0.15) is 154 Å². The summed E-state index contributed by atoms with van der Waals surface area (Å²) >= 11 is 0. The van der Waals surface area contributed by atoms with Gasteiger partial charge in [-0.3, -0.25) is 92.2 Å². The van der Waals surface area contributed by atoms with Crippen LogP contribution in [-0.4, -0.2) is 272 Å². The van der Waals surface area contributed by atoms with Gasteiger partial charge < -0.3 is 84.4 Å². The summed E-state index contributed by atoms with van der Waals surface area (Å²) in [5, 5.41) is 55.9. The molecule has 3 spiro atoms. The van der Waals surface area contributed by atoms with Gasteiger partial charge in [-0.25, -0.2) is 4.79 Å². The molecule has 8 heterocycles. The van der Waals surface area contributed by atoms with E-state index in [9.17, 15) is 82.1 Å². The predicted molar refractivity (Wildman–Crippen MR) is 485 cm³/mol. The molecule has 8 saturated heterocycles. The average Bonchev–Trinajstić information content (AvgIpc) is 1.53. The van der Waals surface area contributed by atoms with Gasteiger partial charge in [-0.15, -0.1) is 0 Å². The molecule has 3 saturated carbocycles. The van der Waals surface area contributed by atoms with Crippen LogP contribution in [0.5, 0.6) is 11.5 Å². The van der Waals surface area contributed by atoms with E-state index in [1.807, 2.05) is 109 Å². The normalized spacial score (nSPS) is 29.8. The highest BCUT2D eigenvalue weighted by Crippen LogP contribution is 2.50. The number of aliphatic carboxylic acids is 4. The molecule has 8 aliphatic heterocycles. The number of likely N-dealkylation sites (tertiary alicyclic amines) is 1. The molecule has 726 valence electrons. The molecule has 7 unspecified atom stereocenters. The van der Waals surface area contributed by atoms with E-state index in [0.29, 0.717) is 82.4 Å². The molecule has 136 heavy (non-hydrogen) atoms. The predicted octanol–water partition coefficient (Wildman–Crippen LogP) is 6.45. The van der Waals surface area contributed by atoms with Crippen molar-refractivity contribution in [2.24, 2.45) is 34.0 Å². The maximum absolute atomic E-state index is 15.2. The van der Waals surface area contributed by atoms with E-state index in [4.69, 9.17) is 33.9 Å². The first-order chi connectivity index (χ1) is 64.4. The van der Waals surface area contributed by atoms with Crippen LogP contribution in [-0.2, 0) is 122 Å². The molecule has 16 atom stereocenters. The van der Waals surface area contributed by atoms with Crippen molar-refractivity contribution in [3.8, 4) is 11.5 Å². The average molecular weight is 1880 g/mol. The van der Waals surface area contributed by atoms with Gasteiger partial charge in [0.15, 0.2) is 5.78 Å². The first-order valence-corrected chi connectivity index (χ1v) is 45.4. The number of methoxy groups -OCH3 is 5. The zero-order valence-electron chi connectivity index (χ0n) is 78.0. The first kappa shape index (κ1) is 100. The van der Waals surface area contributed by atoms with Crippen molar-refractivity contribution >= 4 is 122 Å². The second-order valence-corrected chi connectivity index (χ2v) is 38.5. The van der Waals surface area contributed by atoms with Gasteiger partial charge >= 0.3 is 47.9 Å². The number of benzene rings is 6. The molecular weight excluding hydrogens is 1760 g/mol. The molecule has 6 aromatic carbocycles. The number of hydrogen-bond acceptors (Lipinski definition) is 26. The summed E-state index contributed by atoms with van der Waals surface area (Å²) in [7, 11) is 7.00. The molecule has 0 aromatic heterocycles. The molecule has 7 amide bonds. The minimum Gasteiger partial charge on any atom is -0.497 e. The third-order valence-electron chi connectivity index (χ3n) is 29.5. The van der Waals surface area contributed by atoms with Gasteiger partial charge in [0.05, 0.1) is 76.8 Å². The van der Waals surface area contributed by atoms with Gasteiger partial charge in [0.1, 0.15) is 81.5 Å². The number of carboxylic acid groups (broad SMARTS) is 4. The summed E-state index contributed by atoms with van der Waals surface area (Å²) in [4.78, 5) is 222. The number of carboxylic acids is 4. The third kappa shape index (κ3) is 19.6. The summed E-state index contributed by atoms with van der Waals surface area (Å²) in [5.41, 5.74) is -5.84. The van der Waals surface area contributed by atoms with Gasteiger partial charge in [-0.1, -0.05) is 121 Å². The van der Waals surface area contributed by atoms with Crippen LogP contribution in [0.4, 0.5) is 4.79 Å². The molecule has 17 rings (SSSR count). The van der Waals surface area contributed by atoms with E-state index in [2.05, 4.69) is 31.3 Å². The van der Waals surface area contributed by atoms with Gasteiger partial charge in [0.25, 0.3) is 11.8 Å². The maximum atomic E-state index is 15.2. The number of carbonyl (C=O) groups is 17. The van der Waals surface area contributed by atoms with E-state index in [1.54, 1.807) is 66.2 Å². The topological polar surface area (TPSA) is 503 Å². The number of carbonyl (C=O) groups excluding carboxylic acids is 13. The van der Waals surface area contributed by atoms with Crippen LogP contribution in [0.3, 0.4) is 0 Å². The SMILES string of the molecule is CC(=O)C1CCC(NCc2cccc3ccccc23)(C(=O)O)C1.COC(=O)[C@@]1(C)CCC(C(=O)O)C1.COC(=O)[C@]1(C)CC2C(=O)N[C@@]3(CN[C@H](C(=O)O)C3)C(=O)N2C1.COC(=O)[C@]1(C)CC2C(=O)N[C@]3(C[C@H]4C(=O)N(Cc5cccc6ccccc56)[C@]5(C[C@@H](C(C)=O)N(C(=O)OCc6ccccc6)C5)C(=O)N4C3)C(=O)N2C1.COc1ccc(CNC2(C(=O)O)CCC(C(C)=O)C2)c(OC)c1. The summed E-state index contributed by atoms with van der Waals surface area (Å²) in [6.45, 7) is 9.73. The highest BCUT2D eigenvalue weighted by atomic mass is 16.6. The fourth-order valence-corrected chi connectivity index (χ4v) is 21.7. The van der Waals surface area contributed by atoms with Crippen LogP contribution >= 0.6 is 0 Å². The van der Waals surface area contributed by atoms with Gasteiger partial charge in [0.2, 0.25) is 23.6 Å². The van der Waals surface area contributed by atoms with Crippen molar-refractivity contribution in [3.63, 3.8) is 0 Å². The fraction of sp³-hybridized carbons (Fsp3) is 0.505. The van der Waals surface area contributed by atoms with Crippen LogP contribution in [0.2, 0.25) is 0 Å². The van der Waals surface area contributed by atoms with Gasteiger partial charge in [-0.05, 0) is 156 Å². The first-order valence-electron chi connectivity index (χ1n) is 45.4. The Morgan fingerprint density at radius 2 is 0.949 bits per heavy atom. The van der Waals surface area contributed by atoms with Crippen molar-refractivity contribution in [3.05, 3.63) is 156 Å². The number of hydrogen-bond donors (Lipinski definition) is 9. The summed E-state index contributed by atoms with van der Waals surface area (Å²) in [6.07, 6.45) is 3.58. The number of Topliss-reactive ketones (excluding diaryl/α,β-unsaturated/α-hetero) is 3. The number of fused-ring (bicyclic) bond motifs is 5. The van der Waals surface area contributed by atoms with Crippen LogP contribution in [0.25, 0.3) is 21.5 Å². The third-order valence-corrected chi connectivity index (χ3v) is 29.5. The van der Waals surface area contributed by atoms with E-state index in [0.717, 1.165) is 43.8 Å². The Kier molecular flexibility index (Phi) is 29.4. The number of esters is 3. The lowest BCUT2D eigenvalue weighted by atomic mass is 9.85. The van der Waals surface area contributed by atoms with Crippen molar-refractivity contribution in [1.82, 2.24) is 51.1 Å². The Hall–Kier alpha value is -13.3. The Morgan fingerprint density at radius 3 is 1.44 bits per heavy atom. The summed E-state index contributed by atoms with van der Waals surface area (Å²) < 4.78 is 30.6.